The number of carbonyl (C=O) groups is 2. The van der Waals surface area contributed by atoms with Gasteiger partial charge >= 0.3 is 12.0 Å². The summed E-state index contributed by atoms with van der Waals surface area (Å²) in [6.07, 6.45) is 0.114. The van der Waals surface area contributed by atoms with E-state index in [1.165, 1.54) is 4.90 Å². The lowest BCUT2D eigenvalue weighted by molar-refractivity contribution is -0.138. The average Bonchev–Trinajstić information content (AvgIpc) is 2.71. The van der Waals surface area contributed by atoms with Crippen molar-refractivity contribution < 1.29 is 33.0 Å². The van der Waals surface area contributed by atoms with Crippen LogP contribution >= 0.6 is 0 Å². The van der Waals surface area contributed by atoms with Crippen LogP contribution in [0.15, 0.2) is 30.3 Å². The second-order valence-corrected chi connectivity index (χ2v) is 6.98. The highest BCUT2D eigenvalue weighted by molar-refractivity contribution is 5.90. The molecule has 0 saturated carbocycles. The Hall–Kier alpha value is -3.36. The normalized spacial score (nSPS) is 15.2. The van der Waals surface area contributed by atoms with Crippen molar-refractivity contribution >= 4 is 17.7 Å². The van der Waals surface area contributed by atoms with Crippen LogP contribution in [0, 0.1) is 11.6 Å². The third kappa shape index (κ3) is 5.04. The lowest BCUT2D eigenvalue weighted by atomic mass is 9.90. The van der Waals surface area contributed by atoms with E-state index in [9.17, 15) is 23.5 Å². The zero-order valence-electron chi connectivity index (χ0n) is 17.3. The van der Waals surface area contributed by atoms with Crippen LogP contribution in [-0.2, 0) is 11.2 Å². The zero-order valence-corrected chi connectivity index (χ0v) is 17.3. The van der Waals surface area contributed by atoms with E-state index in [0.717, 1.165) is 17.7 Å². The molecule has 0 aliphatic carbocycles. The maximum Gasteiger partial charge on any atom is 0.322 e. The molecule has 0 radical (unpaired) electrons. The SMILES string of the molecule is CCOc1cc2c(cc1OCC)C(CC(=O)O)N(C(=O)Nc1ccc(F)cc1F)CC2. The van der Waals surface area contributed by atoms with Gasteiger partial charge in [-0.1, -0.05) is 0 Å². The van der Waals surface area contributed by atoms with Gasteiger partial charge in [0.2, 0.25) is 0 Å². The smallest absolute Gasteiger partial charge is 0.322 e. The number of nitrogens with zero attached hydrogens (tertiary/aromatic N) is 1. The van der Waals surface area contributed by atoms with Crippen LogP contribution in [-0.4, -0.2) is 41.8 Å². The second kappa shape index (κ2) is 9.63. The first-order chi connectivity index (χ1) is 14.8. The molecule has 0 saturated heterocycles. The number of hydrogen-bond acceptors (Lipinski definition) is 4. The van der Waals surface area contributed by atoms with Gasteiger partial charge in [-0.15, -0.1) is 0 Å². The second-order valence-electron chi connectivity index (χ2n) is 6.98. The summed E-state index contributed by atoms with van der Waals surface area (Å²) in [6, 6.07) is 4.87. The summed E-state index contributed by atoms with van der Waals surface area (Å²) in [5.41, 5.74) is 1.30. The van der Waals surface area contributed by atoms with Crippen LogP contribution in [0.4, 0.5) is 19.3 Å². The van der Waals surface area contributed by atoms with Crippen molar-refractivity contribution in [3.8, 4) is 11.5 Å². The number of fused-ring (bicyclic) bond motifs is 1. The van der Waals surface area contributed by atoms with Crippen molar-refractivity contribution in [3.05, 3.63) is 53.1 Å². The van der Waals surface area contributed by atoms with Crippen molar-refractivity contribution in [1.82, 2.24) is 4.90 Å². The number of ether oxygens (including phenoxy) is 2. The predicted octanol–water partition coefficient (Wildman–Crippen LogP) is 4.37. The van der Waals surface area contributed by atoms with Gasteiger partial charge in [-0.2, -0.15) is 0 Å². The monoisotopic (exact) mass is 434 g/mol. The molecule has 0 spiro atoms. The first kappa shape index (κ1) is 22.3. The van der Waals surface area contributed by atoms with Crippen LogP contribution in [0.25, 0.3) is 0 Å². The summed E-state index contributed by atoms with van der Waals surface area (Å²) < 4.78 is 38.4. The highest BCUT2D eigenvalue weighted by Gasteiger charge is 2.34. The Bertz CT molecular complexity index is 983. The molecule has 0 fully saturated rings. The van der Waals surface area contributed by atoms with Gasteiger partial charge in [0.05, 0.1) is 31.4 Å². The van der Waals surface area contributed by atoms with E-state index in [1.54, 1.807) is 6.07 Å². The van der Waals surface area contributed by atoms with Gasteiger partial charge in [0.25, 0.3) is 0 Å². The molecule has 3 rings (SSSR count). The number of aliphatic carboxylic acids is 1. The number of carboxylic acid groups (broad SMARTS) is 1. The van der Waals surface area contributed by atoms with Gasteiger partial charge < -0.3 is 24.8 Å². The number of hydrogen-bond donors (Lipinski definition) is 2. The number of urea groups is 1. The maximum absolute atomic E-state index is 14.0. The zero-order chi connectivity index (χ0) is 22.5. The largest absolute Gasteiger partial charge is 0.490 e. The number of rotatable bonds is 7. The quantitative estimate of drug-likeness (QED) is 0.676. The summed E-state index contributed by atoms with van der Waals surface area (Å²) in [4.78, 5) is 25.8. The number of halogens is 2. The number of carbonyl (C=O) groups excluding carboxylic acids is 1. The lowest BCUT2D eigenvalue weighted by Crippen LogP contribution is -2.43. The molecule has 166 valence electrons. The molecule has 1 aliphatic heterocycles. The van der Waals surface area contributed by atoms with Crippen LogP contribution < -0.4 is 14.8 Å². The number of benzene rings is 2. The Kier molecular flexibility index (Phi) is 6.94. The fraction of sp³-hybridized carbons (Fsp3) is 0.364. The Balaban J connectivity index is 1.95. The predicted molar refractivity (Wildman–Crippen MR) is 110 cm³/mol. The minimum Gasteiger partial charge on any atom is -0.490 e. The van der Waals surface area contributed by atoms with E-state index in [0.29, 0.717) is 42.8 Å². The third-order valence-corrected chi connectivity index (χ3v) is 4.96. The molecule has 1 heterocycles. The number of anilines is 1. The van der Waals surface area contributed by atoms with Crippen LogP contribution in [0.1, 0.15) is 37.4 Å². The summed E-state index contributed by atoms with van der Waals surface area (Å²) in [5.74, 6) is -1.75. The van der Waals surface area contributed by atoms with E-state index >= 15 is 0 Å². The van der Waals surface area contributed by atoms with E-state index in [4.69, 9.17) is 9.47 Å². The highest BCUT2D eigenvalue weighted by Crippen LogP contribution is 2.40. The van der Waals surface area contributed by atoms with Gasteiger partial charge in [-0.25, -0.2) is 13.6 Å². The number of carboxylic acids is 1. The molecular weight excluding hydrogens is 410 g/mol. The molecule has 7 nitrogen and oxygen atoms in total. The van der Waals surface area contributed by atoms with Gasteiger partial charge in [-0.3, -0.25) is 4.79 Å². The molecular formula is C22H24F2N2O5. The minimum absolute atomic E-state index is 0.187. The van der Waals surface area contributed by atoms with Crippen LogP contribution in [0.2, 0.25) is 0 Å². The van der Waals surface area contributed by atoms with Gasteiger partial charge in [0.15, 0.2) is 11.5 Å². The van der Waals surface area contributed by atoms with Crippen molar-refractivity contribution in [1.29, 1.82) is 0 Å². The molecule has 9 heteroatoms. The van der Waals surface area contributed by atoms with E-state index in [1.807, 2.05) is 19.9 Å². The van der Waals surface area contributed by atoms with Crippen molar-refractivity contribution in [2.75, 3.05) is 25.1 Å². The summed E-state index contributed by atoms with van der Waals surface area (Å²) in [6.45, 7) is 4.72. The lowest BCUT2D eigenvalue weighted by Gasteiger charge is -2.37. The molecule has 31 heavy (non-hydrogen) atoms. The topological polar surface area (TPSA) is 88.1 Å². The van der Waals surface area contributed by atoms with E-state index < -0.39 is 29.7 Å². The van der Waals surface area contributed by atoms with Crippen molar-refractivity contribution in [3.63, 3.8) is 0 Å². The van der Waals surface area contributed by atoms with Crippen molar-refractivity contribution in [2.24, 2.45) is 0 Å². The maximum atomic E-state index is 14.0. The molecule has 1 atom stereocenters. The molecule has 1 aliphatic rings. The Morgan fingerprint density at radius 1 is 1.13 bits per heavy atom. The fourth-order valence-electron chi connectivity index (χ4n) is 3.65. The molecule has 0 bridgehead atoms. The molecule has 1 unspecified atom stereocenters. The minimum atomic E-state index is -1.09. The van der Waals surface area contributed by atoms with Gasteiger partial charge in [0, 0.05) is 12.6 Å². The fourth-order valence-corrected chi connectivity index (χ4v) is 3.65. The van der Waals surface area contributed by atoms with Gasteiger partial charge in [0.1, 0.15) is 11.6 Å². The Morgan fingerprint density at radius 3 is 2.42 bits per heavy atom. The van der Waals surface area contributed by atoms with E-state index in [-0.39, 0.29) is 18.7 Å². The first-order valence-corrected chi connectivity index (χ1v) is 10.0. The summed E-state index contributed by atoms with van der Waals surface area (Å²) in [7, 11) is 0. The van der Waals surface area contributed by atoms with E-state index in [2.05, 4.69) is 5.32 Å². The first-order valence-electron chi connectivity index (χ1n) is 10.0. The van der Waals surface area contributed by atoms with Crippen LogP contribution in [0.5, 0.6) is 11.5 Å². The number of nitrogens with one attached hydrogen (secondary N) is 1. The molecule has 2 aromatic rings. The highest BCUT2D eigenvalue weighted by atomic mass is 19.1. The molecule has 2 aromatic carbocycles. The Labute approximate surface area is 178 Å². The third-order valence-electron chi connectivity index (χ3n) is 4.96. The summed E-state index contributed by atoms with van der Waals surface area (Å²) >= 11 is 0. The van der Waals surface area contributed by atoms with Crippen LogP contribution in [0.3, 0.4) is 0 Å². The van der Waals surface area contributed by atoms with Gasteiger partial charge in [-0.05, 0) is 55.7 Å². The van der Waals surface area contributed by atoms with Crippen molar-refractivity contribution in [2.45, 2.75) is 32.7 Å². The number of amides is 2. The standard InChI is InChI=1S/C22H24F2N2O5/c1-3-30-19-9-13-7-8-26(22(29)25-17-6-5-14(23)10-16(17)24)18(12-21(27)28)15(13)11-20(19)31-4-2/h5-6,9-11,18H,3-4,7-8,12H2,1-2H3,(H,25,29)(H,27,28). The Morgan fingerprint density at radius 2 is 1.81 bits per heavy atom. The molecule has 0 aromatic heterocycles. The summed E-state index contributed by atoms with van der Waals surface area (Å²) in [5, 5.41) is 11.9. The molecule has 2 N–H and O–H groups in total. The molecule has 2 amide bonds. The average molecular weight is 434 g/mol.